The summed E-state index contributed by atoms with van der Waals surface area (Å²) in [6.45, 7) is 4.85. The quantitative estimate of drug-likeness (QED) is 0.279. The van der Waals surface area contributed by atoms with Crippen molar-refractivity contribution < 1.29 is 4.79 Å². The third kappa shape index (κ3) is 4.58. The summed E-state index contributed by atoms with van der Waals surface area (Å²) >= 11 is 2.64. The van der Waals surface area contributed by atoms with Gasteiger partial charge in [0.15, 0.2) is 4.83 Å². The minimum absolute atomic E-state index is 0.114. The van der Waals surface area contributed by atoms with Gasteiger partial charge in [-0.3, -0.25) is 14.2 Å². The Morgan fingerprint density at radius 3 is 2.59 bits per heavy atom. The number of fused-ring (bicyclic) bond motifs is 2. The Morgan fingerprint density at radius 1 is 1.11 bits per heavy atom. The standard InChI is InChI=1S/C28H29N5O2S2/c1-3-19(23-22-18(12-8-14-29)11-7-13-20(22)36-24(23)25(30)34)26-31-27-21(16(2)32-37-27)28(35)33(26)15-17-9-5-4-6-10-17/h4-7,9-11,13,19H,3,8,12,14-15,29H2,1-2H3,(H2,30,34). The van der Waals surface area contributed by atoms with E-state index < -0.39 is 5.91 Å². The highest BCUT2D eigenvalue weighted by molar-refractivity contribution is 7.21. The van der Waals surface area contributed by atoms with Crippen molar-refractivity contribution >= 4 is 49.1 Å². The van der Waals surface area contributed by atoms with Gasteiger partial charge in [0.2, 0.25) is 0 Å². The van der Waals surface area contributed by atoms with Crippen molar-refractivity contribution in [2.24, 2.45) is 11.5 Å². The Kier molecular flexibility index (Phi) is 7.19. The number of primary amides is 1. The molecule has 9 heteroatoms. The molecule has 0 aliphatic heterocycles. The number of hydrogen-bond acceptors (Lipinski definition) is 7. The summed E-state index contributed by atoms with van der Waals surface area (Å²) in [5, 5.41) is 1.58. The summed E-state index contributed by atoms with van der Waals surface area (Å²) in [5.74, 6) is -0.145. The van der Waals surface area contributed by atoms with Crippen LogP contribution in [-0.4, -0.2) is 26.4 Å². The molecular formula is C28H29N5O2S2. The second kappa shape index (κ2) is 10.5. The summed E-state index contributed by atoms with van der Waals surface area (Å²) in [7, 11) is 0. The molecule has 0 radical (unpaired) electrons. The molecule has 37 heavy (non-hydrogen) atoms. The van der Waals surface area contributed by atoms with Gasteiger partial charge in [-0.15, -0.1) is 11.3 Å². The van der Waals surface area contributed by atoms with Gasteiger partial charge < -0.3 is 11.5 Å². The lowest BCUT2D eigenvalue weighted by atomic mass is 9.89. The smallest absolute Gasteiger partial charge is 0.264 e. The Hall–Kier alpha value is -3.40. The third-order valence-corrected chi connectivity index (χ3v) is 8.78. The first kappa shape index (κ1) is 25.3. The van der Waals surface area contributed by atoms with Crippen molar-refractivity contribution in [2.45, 2.75) is 45.6 Å². The van der Waals surface area contributed by atoms with Crippen LogP contribution in [0.25, 0.3) is 20.3 Å². The molecule has 0 bridgehead atoms. The van der Waals surface area contributed by atoms with Gasteiger partial charge in [0, 0.05) is 16.0 Å². The lowest BCUT2D eigenvalue weighted by Gasteiger charge is -2.22. The molecular weight excluding hydrogens is 502 g/mol. The molecule has 7 nitrogen and oxygen atoms in total. The second-order valence-electron chi connectivity index (χ2n) is 9.15. The summed E-state index contributed by atoms with van der Waals surface area (Å²) in [6, 6.07) is 16.0. The van der Waals surface area contributed by atoms with Crippen LogP contribution in [0.4, 0.5) is 0 Å². The molecule has 0 saturated carbocycles. The topological polar surface area (TPSA) is 117 Å². The molecule has 0 spiro atoms. The van der Waals surface area contributed by atoms with E-state index in [2.05, 4.69) is 17.4 Å². The third-order valence-electron chi connectivity index (χ3n) is 6.76. The highest BCUT2D eigenvalue weighted by atomic mass is 32.1. The number of rotatable bonds is 9. The van der Waals surface area contributed by atoms with Gasteiger partial charge in [0.05, 0.1) is 22.5 Å². The maximum Gasteiger partial charge on any atom is 0.264 e. The number of hydrogen-bond donors (Lipinski definition) is 2. The van der Waals surface area contributed by atoms with Crippen LogP contribution in [0.3, 0.4) is 0 Å². The fourth-order valence-corrected chi connectivity index (χ4v) is 6.99. The van der Waals surface area contributed by atoms with Crippen LogP contribution in [0.5, 0.6) is 0 Å². The average Bonchev–Trinajstić information content (AvgIpc) is 3.47. The SMILES string of the molecule is CCC(c1c(C(N)=O)sc2cccc(CCCN)c12)c1nc2snc(C)c2c(=O)n1Cc1ccccc1. The molecule has 2 aromatic carbocycles. The zero-order valence-corrected chi connectivity index (χ0v) is 22.5. The van der Waals surface area contributed by atoms with E-state index >= 15 is 0 Å². The van der Waals surface area contributed by atoms with Crippen LogP contribution in [0.1, 0.15) is 63.6 Å². The molecule has 3 heterocycles. The van der Waals surface area contributed by atoms with Crippen LogP contribution < -0.4 is 17.0 Å². The van der Waals surface area contributed by atoms with Gasteiger partial charge in [-0.05, 0) is 67.0 Å². The number of nitrogens with two attached hydrogens (primary N) is 2. The Balaban J connectivity index is 1.81. The van der Waals surface area contributed by atoms with Crippen LogP contribution >= 0.6 is 22.9 Å². The number of thiophene rings is 1. The molecule has 1 unspecified atom stereocenters. The van der Waals surface area contributed by atoms with E-state index in [9.17, 15) is 9.59 Å². The zero-order valence-electron chi connectivity index (χ0n) is 20.9. The fourth-order valence-electron chi connectivity index (χ4n) is 5.05. The Bertz CT molecular complexity index is 1650. The van der Waals surface area contributed by atoms with Gasteiger partial charge in [0.1, 0.15) is 5.82 Å². The van der Waals surface area contributed by atoms with Crippen LogP contribution in [0.15, 0.2) is 53.3 Å². The van der Waals surface area contributed by atoms with Crippen molar-refractivity contribution in [1.29, 1.82) is 0 Å². The van der Waals surface area contributed by atoms with Gasteiger partial charge in [-0.2, -0.15) is 4.37 Å². The number of carbonyl (C=O) groups is 1. The normalized spacial score (nSPS) is 12.4. The maximum atomic E-state index is 13.9. The van der Waals surface area contributed by atoms with E-state index in [1.54, 1.807) is 4.57 Å². The number of amides is 1. The van der Waals surface area contributed by atoms with Gasteiger partial charge in [-0.1, -0.05) is 49.4 Å². The van der Waals surface area contributed by atoms with Crippen molar-refractivity contribution in [3.05, 3.63) is 92.0 Å². The number of nitrogens with zero attached hydrogens (tertiary/aromatic N) is 3. The second-order valence-corrected chi connectivity index (χ2v) is 11.0. The molecule has 4 N–H and O–H groups in total. The van der Waals surface area contributed by atoms with Crippen LogP contribution in [0.2, 0.25) is 0 Å². The molecule has 0 saturated heterocycles. The molecule has 3 aromatic heterocycles. The van der Waals surface area contributed by atoms with E-state index in [0.717, 1.165) is 39.6 Å². The summed E-state index contributed by atoms with van der Waals surface area (Å²) in [4.78, 5) is 32.8. The van der Waals surface area contributed by atoms with Gasteiger partial charge in [-0.25, -0.2) is 4.98 Å². The fraction of sp³-hybridized carbons (Fsp3) is 0.286. The molecule has 1 amide bonds. The highest BCUT2D eigenvalue weighted by Crippen LogP contribution is 2.42. The van der Waals surface area contributed by atoms with E-state index in [4.69, 9.17) is 16.5 Å². The first-order valence-electron chi connectivity index (χ1n) is 12.4. The minimum atomic E-state index is -0.467. The molecule has 0 fully saturated rings. The summed E-state index contributed by atoms with van der Waals surface area (Å²) < 4.78 is 7.18. The lowest BCUT2D eigenvalue weighted by molar-refractivity contribution is 0.100. The van der Waals surface area contributed by atoms with E-state index in [-0.39, 0.29) is 11.5 Å². The van der Waals surface area contributed by atoms with Gasteiger partial charge >= 0.3 is 0 Å². The molecule has 0 aliphatic carbocycles. The van der Waals surface area contributed by atoms with E-state index in [1.165, 1.54) is 22.9 Å². The predicted octanol–water partition coefficient (Wildman–Crippen LogP) is 4.96. The predicted molar refractivity (Wildman–Crippen MR) is 152 cm³/mol. The molecule has 1 atom stereocenters. The van der Waals surface area contributed by atoms with Crippen LogP contribution in [-0.2, 0) is 13.0 Å². The van der Waals surface area contributed by atoms with Crippen molar-refractivity contribution in [1.82, 2.24) is 13.9 Å². The van der Waals surface area contributed by atoms with Gasteiger partial charge in [0.25, 0.3) is 11.5 Å². The number of carbonyl (C=O) groups excluding carboxylic acids is 1. The Morgan fingerprint density at radius 2 is 1.89 bits per heavy atom. The van der Waals surface area contributed by atoms with E-state index in [0.29, 0.717) is 46.1 Å². The first-order chi connectivity index (χ1) is 17.9. The first-order valence-corrected chi connectivity index (χ1v) is 14.0. The largest absolute Gasteiger partial charge is 0.365 e. The van der Waals surface area contributed by atoms with Crippen molar-refractivity contribution in [2.75, 3.05) is 6.54 Å². The number of benzene rings is 2. The minimum Gasteiger partial charge on any atom is -0.365 e. The van der Waals surface area contributed by atoms with Crippen molar-refractivity contribution in [3.8, 4) is 0 Å². The number of aryl methyl sites for hydroxylation is 2. The highest BCUT2D eigenvalue weighted by Gasteiger charge is 2.30. The average molecular weight is 532 g/mol. The zero-order chi connectivity index (χ0) is 26.1. The summed E-state index contributed by atoms with van der Waals surface area (Å²) in [5.41, 5.74) is 15.3. The lowest BCUT2D eigenvalue weighted by Crippen LogP contribution is -2.28. The maximum absolute atomic E-state index is 13.9. The molecule has 5 rings (SSSR count). The van der Waals surface area contributed by atoms with Crippen molar-refractivity contribution in [3.63, 3.8) is 0 Å². The van der Waals surface area contributed by atoms with E-state index in [1.807, 2.05) is 49.4 Å². The molecule has 0 aliphatic rings. The van der Waals surface area contributed by atoms with Crippen LogP contribution in [0, 0.1) is 6.92 Å². The number of aromatic nitrogens is 3. The Labute approximate surface area is 222 Å². The molecule has 5 aromatic rings. The monoisotopic (exact) mass is 531 g/mol. The summed E-state index contributed by atoms with van der Waals surface area (Å²) in [6.07, 6.45) is 2.27. The molecule has 190 valence electrons.